The SMILES string of the molecule is CON(C)C(=O)c1cn(-c2cccc(Br)c2)cn1.O=C(c1ccccc1)c1cn(-c2cccc(-c3ccccc3)c2)cn1.O=C(c1ccccc1)c1cn(-c2cccc(Br)c2)cn1. The summed E-state index contributed by atoms with van der Waals surface area (Å²) in [5.41, 5.74) is 7.65. The minimum Gasteiger partial charge on any atom is -0.306 e. The van der Waals surface area contributed by atoms with Crippen LogP contribution in [0, 0.1) is 0 Å². The van der Waals surface area contributed by atoms with Crippen LogP contribution in [0.15, 0.2) is 210 Å². The van der Waals surface area contributed by atoms with E-state index in [2.05, 4.69) is 71.1 Å². The molecule has 0 fully saturated rings. The van der Waals surface area contributed by atoms with Gasteiger partial charge in [-0.25, -0.2) is 20.0 Å². The first kappa shape index (κ1) is 43.8. The van der Waals surface area contributed by atoms with Crippen LogP contribution in [0.2, 0.25) is 0 Å². The largest absolute Gasteiger partial charge is 0.306 e. The fourth-order valence-corrected chi connectivity index (χ4v) is 6.98. The minimum absolute atomic E-state index is 0.0700. The summed E-state index contributed by atoms with van der Waals surface area (Å²) in [6.45, 7) is 0. The van der Waals surface area contributed by atoms with Crippen molar-refractivity contribution in [1.29, 1.82) is 0 Å². The van der Waals surface area contributed by atoms with Gasteiger partial charge in [-0.3, -0.25) is 19.2 Å². The van der Waals surface area contributed by atoms with Gasteiger partial charge in [0.1, 0.15) is 36.1 Å². The highest BCUT2D eigenvalue weighted by molar-refractivity contribution is 9.10. The zero-order chi connectivity index (χ0) is 44.1. The van der Waals surface area contributed by atoms with Crippen molar-refractivity contribution in [2.75, 3.05) is 14.2 Å². The summed E-state index contributed by atoms with van der Waals surface area (Å²) < 4.78 is 7.45. The van der Waals surface area contributed by atoms with E-state index in [-0.39, 0.29) is 17.5 Å². The van der Waals surface area contributed by atoms with Gasteiger partial charge in [-0.2, -0.15) is 0 Å². The van der Waals surface area contributed by atoms with Crippen molar-refractivity contribution in [2.45, 2.75) is 0 Å². The Morgan fingerprint density at radius 3 is 1.30 bits per heavy atom. The lowest BCUT2D eigenvalue weighted by atomic mass is 10.1. The van der Waals surface area contributed by atoms with Gasteiger partial charge in [0.25, 0.3) is 5.91 Å². The lowest BCUT2D eigenvalue weighted by molar-refractivity contribution is -0.0760. The summed E-state index contributed by atoms with van der Waals surface area (Å²) in [5, 5.41) is 1.13. The van der Waals surface area contributed by atoms with E-state index in [1.165, 1.54) is 7.11 Å². The van der Waals surface area contributed by atoms with Gasteiger partial charge in [0, 0.05) is 62.8 Å². The van der Waals surface area contributed by atoms with Gasteiger partial charge in [-0.1, -0.05) is 147 Å². The number of amides is 1. The molecular weight excluding hydrogens is 922 g/mol. The fourth-order valence-electron chi connectivity index (χ4n) is 6.21. The average Bonchev–Trinajstić information content (AvgIpc) is 4.15. The highest BCUT2D eigenvalue weighted by Gasteiger charge is 2.16. The fraction of sp³-hybridized carbons (Fsp3) is 0.0400. The normalized spacial score (nSPS) is 10.5. The molecule has 6 aromatic carbocycles. The molecule has 0 aliphatic heterocycles. The number of ketones is 2. The van der Waals surface area contributed by atoms with E-state index < -0.39 is 0 Å². The molecule has 0 radical (unpaired) electrons. The maximum Gasteiger partial charge on any atom is 0.297 e. The maximum atomic E-state index is 12.5. The summed E-state index contributed by atoms with van der Waals surface area (Å²) in [6.07, 6.45) is 10.1. The Balaban J connectivity index is 0.000000144. The van der Waals surface area contributed by atoms with Crippen molar-refractivity contribution in [3.63, 3.8) is 0 Å². The number of carbonyl (C=O) groups excluding carboxylic acids is 3. The maximum absolute atomic E-state index is 12.5. The van der Waals surface area contributed by atoms with Crippen LogP contribution in [0.3, 0.4) is 0 Å². The van der Waals surface area contributed by atoms with E-state index in [4.69, 9.17) is 4.84 Å². The summed E-state index contributed by atoms with van der Waals surface area (Å²) >= 11 is 6.83. The first-order valence-corrected chi connectivity index (χ1v) is 21.1. The highest BCUT2D eigenvalue weighted by Crippen LogP contribution is 2.23. The van der Waals surface area contributed by atoms with E-state index in [9.17, 15) is 14.4 Å². The average molecular weight is 962 g/mol. The van der Waals surface area contributed by atoms with Crippen LogP contribution in [-0.2, 0) is 4.84 Å². The Labute approximate surface area is 381 Å². The number of hydrogen-bond acceptors (Lipinski definition) is 7. The first-order chi connectivity index (χ1) is 30.7. The third kappa shape index (κ3) is 11.3. The molecule has 9 rings (SSSR count). The molecule has 0 aliphatic rings. The van der Waals surface area contributed by atoms with E-state index in [0.717, 1.165) is 42.2 Å². The van der Waals surface area contributed by atoms with Crippen LogP contribution in [0.5, 0.6) is 0 Å². The van der Waals surface area contributed by atoms with Crippen molar-refractivity contribution in [1.82, 2.24) is 33.7 Å². The smallest absolute Gasteiger partial charge is 0.297 e. The molecule has 0 saturated heterocycles. The number of rotatable bonds is 10. The molecule has 0 unspecified atom stereocenters. The van der Waals surface area contributed by atoms with Gasteiger partial charge in [0.2, 0.25) is 11.6 Å². The Morgan fingerprint density at radius 2 is 0.857 bits per heavy atom. The molecule has 312 valence electrons. The molecule has 9 aromatic rings. The lowest BCUT2D eigenvalue weighted by Gasteiger charge is -2.11. The number of hydroxylamine groups is 2. The minimum atomic E-state index is -0.286. The standard InChI is InChI=1S/C22H16N2O.C16H11BrN2O.C12H12BrN3O2/c25-22(18-10-5-2-6-11-18)21-15-24(16-23-21)20-13-7-12-19(14-20)17-8-3-1-4-9-17;17-13-7-4-8-14(9-13)19-10-15(18-11-19)16(20)12-5-2-1-3-6-12;1-15(18-2)12(17)11-7-16(8-14-11)10-5-3-4-9(13)6-10/h1-16H;1-11H;3-8H,1-2H3. The second-order valence-electron chi connectivity index (χ2n) is 13.8. The number of hydrogen-bond donors (Lipinski definition) is 0. The van der Waals surface area contributed by atoms with E-state index >= 15 is 0 Å². The number of aromatic nitrogens is 6. The van der Waals surface area contributed by atoms with Gasteiger partial charge in [0.15, 0.2) is 0 Å². The Bertz CT molecular complexity index is 2950. The van der Waals surface area contributed by atoms with Crippen LogP contribution in [0.25, 0.3) is 28.2 Å². The first-order valence-electron chi connectivity index (χ1n) is 19.5. The van der Waals surface area contributed by atoms with Crippen LogP contribution in [0.4, 0.5) is 0 Å². The molecule has 0 atom stereocenters. The molecule has 0 spiro atoms. The monoisotopic (exact) mass is 959 g/mol. The Hall–Kier alpha value is -7.32. The van der Waals surface area contributed by atoms with E-state index in [0.29, 0.717) is 28.2 Å². The van der Waals surface area contributed by atoms with E-state index in [1.807, 2.05) is 124 Å². The molecule has 0 saturated carbocycles. The number of benzene rings is 6. The van der Waals surface area contributed by atoms with Gasteiger partial charge >= 0.3 is 0 Å². The second-order valence-corrected chi connectivity index (χ2v) is 15.6. The van der Waals surface area contributed by atoms with Crippen molar-refractivity contribution in [2.24, 2.45) is 0 Å². The molecule has 63 heavy (non-hydrogen) atoms. The molecule has 11 nitrogen and oxygen atoms in total. The predicted octanol–water partition coefficient (Wildman–Crippen LogP) is 10.9. The Morgan fingerprint density at radius 1 is 0.476 bits per heavy atom. The zero-order valence-corrected chi connectivity index (χ0v) is 37.2. The molecule has 1 amide bonds. The van der Waals surface area contributed by atoms with Gasteiger partial charge in [-0.15, -0.1) is 0 Å². The van der Waals surface area contributed by atoms with Crippen molar-refractivity contribution in [3.05, 3.63) is 239 Å². The number of imidazole rings is 3. The van der Waals surface area contributed by atoms with Crippen LogP contribution in [0.1, 0.15) is 42.6 Å². The highest BCUT2D eigenvalue weighted by atomic mass is 79.9. The summed E-state index contributed by atoms with van der Waals surface area (Å²) in [5.74, 6) is -0.427. The van der Waals surface area contributed by atoms with Crippen molar-refractivity contribution < 1.29 is 19.2 Å². The molecule has 0 aliphatic carbocycles. The van der Waals surface area contributed by atoms with Crippen molar-refractivity contribution >= 4 is 49.3 Å². The van der Waals surface area contributed by atoms with Crippen LogP contribution in [-0.4, -0.2) is 65.3 Å². The molecule has 3 aromatic heterocycles. The van der Waals surface area contributed by atoms with Gasteiger partial charge in [-0.05, 0) is 59.7 Å². The summed E-state index contributed by atoms with van der Waals surface area (Å²) in [7, 11) is 2.98. The second kappa shape index (κ2) is 21.0. The van der Waals surface area contributed by atoms with Gasteiger partial charge in [0.05, 0.1) is 7.11 Å². The predicted molar refractivity (Wildman–Crippen MR) is 250 cm³/mol. The third-order valence-electron chi connectivity index (χ3n) is 9.53. The molecular formula is C50H39Br2N7O4. The molecule has 0 bridgehead atoms. The van der Waals surface area contributed by atoms with Crippen LogP contribution >= 0.6 is 31.9 Å². The van der Waals surface area contributed by atoms with Gasteiger partial charge < -0.3 is 13.7 Å². The lowest BCUT2D eigenvalue weighted by Crippen LogP contribution is -2.25. The quantitative estimate of drug-likeness (QED) is 0.0989. The Kier molecular flexibility index (Phi) is 14.6. The topological polar surface area (TPSA) is 117 Å². The summed E-state index contributed by atoms with van der Waals surface area (Å²) in [6, 6.07) is 52.3. The number of nitrogens with zero attached hydrogens (tertiary/aromatic N) is 7. The van der Waals surface area contributed by atoms with Crippen LogP contribution < -0.4 is 0 Å². The third-order valence-corrected chi connectivity index (χ3v) is 10.5. The summed E-state index contributed by atoms with van der Waals surface area (Å²) in [4.78, 5) is 54.0. The number of halogens is 2. The molecule has 13 heteroatoms. The number of carbonyl (C=O) groups is 3. The molecule has 3 heterocycles. The molecule has 0 N–H and O–H groups in total. The van der Waals surface area contributed by atoms with Crippen molar-refractivity contribution in [3.8, 4) is 28.2 Å². The van der Waals surface area contributed by atoms with E-state index in [1.54, 1.807) is 73.5 Å². The zero-order valence-electron chi connectivity index (χ0n) is 34.1.